The third-order valence-corrected chi connectivity index (χ3v) is 5.32. The molecule has 0 saturated heterocycles. The highest BCUT2D eigenvalue weighted by molar-refractivity contribution is 7.87. The maximum Gasteiger partial charge on any atom is 0.319 e. The van der Waals surface area contributed by atoms with Gasteiger partial charge < -0.3 is 5.11 Å². The summed E-state index contributed by atoms with van der Waals surface area (Å²) in [5.41, 5.74) is 0. The van der Waals surface area contributed by atoms with Gasteiger partial charge in [-0.3, -0.25) is 9.00 Å². The summed E-state index contributed by atoms with van der Waals surface area (Å²) in [5.74, 6) is -0.312. The summed E-state index contributed by atoms with van der Waals surface area (Å²) < 4.78 is 12.0. The summed E-state index contributed by atoms with van der Waals surface area (Å²) in [7, 11) is -1.19. The Morgan fingerprint density at radius 1 is 1.53 bits per heavy atom. The zero-order chi connectivity index (χ0) is 11.4. The van der Waals surface area contributed by atoms with Crippen molar-refractivity contribution in [2.24, 2.45) is 5.92 Å². The van der Waals surface area contributed by atoms with E-state index in [4.69, 9.17) is 5.11 Å². The van der Waals surface area contributed by atoms with Gasteiger partial charge in [-0.25, -0.2) is 0 Å². The highest BCUT2D eigenvalue weighted by Gasteiger charge is 2.31. The average molecular weight is 232 g/mol. The van der Waals surface area contributed by atoms with E-state index in [0.717, 1.165) is 19.3 Å². The Balaban J connectivity index is 2.61. The third-order valence-electron chi connectivity index (χ3n) is 3.14. The largest absolute Gasteiger partial charge is 0.480 e. The summed E-state index contributed by atoms with van der Waals surface area (Å²) in [4.78, 5) is 10.9. The Labute approximate surface area is 93.7 Å². The van der Waals surface area contributed by atoms with Crippen molar-refractivity contribution in [1.29, 1.82) is 0 Å². The highest BCUT2D eigenvalue weighted by atomic mass is 32.2. The second-order valence-corrected chi connectivity index (χ2v) is 6.35. The van der Waals surface area contributed by atoms with Crippen molar-refractivity contribution in [2.45, 2.75) is 56.5 Å². The predicted molar refractivity (Wildman–Crippen MR) is 61.3 cm³/mol. The van der Waals surface area contributed by atoms with Crippen molar-refractivity contribution in [1.82, 2.24) is 0 Å². The minimum atomic E-state index is -1.19. The molecule has 0 spiro atoms. The van der Waals surface area contributed by atoms with Crippen LogP contribution in [0.4, 0.5) is 0 Å². The van der Waals surface area contributed by atoms with E-state index in [2.05, 4.69) is 6.92 Å². The molecule has 4 atom stereocenters. The first-order valence-corrected chi connectivity index (χ1v) is 6.96. The molecule has 1 N–H and O–H groups in total. The average Bonchev–Trinajstić information content (AvgIpc) is 2.18. The van der Waals surface area contributed by atoms with Crippen LogP contribution in [0.25, 0.3) is 0 Å². The van der Waals surface area contributed by atoms with Gasteiger partial charge in [-0.05, 0) is 25.2 Å². The fourth-order valence-electron chi connectivity index (χ4n) is 2.26. The molecule has 0 bridgehead atoms. The van der Waals surface area contributed by atoms with Gasteiger partial charge in [0.2, 0.25) is 0 Å². The van der Waals surface area contributed by atoms with Crippen molar-refractivity contribution in [3.05, 3.63) is 0 Å². The predicted octanol–water partition coefficient (Wildman–Crippen LogP) is 2.18. The Kier molecular flexibility index (Phi) is 4.77. The minimum Gasteiger partial charge on any atom is -0.480 e. The third kappa shape index (κ3) is 3.30. The fourth-order valence-corrected chi connectivity index (χ4v) is 4.17. The summed E-state index contributed by atoms with van der Waals surface area (Å²) in [6, 6.07) is 0. The summed E-state index contributed by atoms with van der Waals surface area (Å²) >= 11 is 0. The van der Waals surface area contributed by atoms with Gasteiger partial charge in [-0.1, -0.05) is 26.7 Å². The lowest BCUT2D eigenvalue weighted by molar-refractivity contribution is -0.136. The van der Waals surface area contributed by atoms with Crippen molar-refractivity contribution in [3.63, 3.8) is 0 Å². The van der Waals surface area contributed by atoms with E-state index >= 15 is 0 Å². The number of hydrogen-bond acceptors (Lipinski definition) is 2. The molecule has 15 heavy (non-hydrogen) atoms. The monoisotopic (exact) mass is 232 g/mol. The quantitative estimate of drug-likeness (QED) is 0.808. The van der Waals surface area contributed by atoms with E-state index in [1.54, 1.807) is 6.92 Å². The zero-order valence-electron chi connectivity index (χ0n) is 9.44. The molecule has 1 aliphatic rings. The van der Waals surface area contributed by atoms with Crippen LogP contribution in [-0.4, -0.2) is 25.8 Å². The van der Waals surface area contributed by atoms with E-state index in [-0.39, 0.29) is 5.25 Å². The van der Waals surface area contributed by atoms with E-state index in [0.29, 0.717) is 12.3 Å². The molecule has 4 unspecified atom stereocenters. The van der Waals surface area contributed by atoms with Crippen molar-refractivity contribution in [3.8, 4) is 0 Å². The normalized spacial score (nSPS) is 30.8. The fraction of sp³-hybridized carbons (Fsp3) is 0.909. The van der Waals surface area contributed by atoms with Gasteiger partial charge in [0.15, 0.2) is 0 Å². The van der Waals surface area contributed by atoms with Crippen LogP contribution in [0.5, 0.6) is 0 Å². The maximum atomic E-state index is 12.0. The van der Waals surface area contributed by atoms with Crippen LogP contribution in [0.1, 0.15) is 46.0 Å². The van der Waals surface area contributed by atoms with Gasteiger partial charge in [-0.15, -0.1) is 0 Å². The molecule has 1 aliphatic carbocycles. The van der Waals surface area contributed by atoms with Crippen LogP contribution in [0.3, 0.4) is 0 Å². The first kappa shape index (κ1) is 12.7. The molecule has 4 heteroatoms. The molecule has 0 aromatic heterocycles. The lowest BCUT2D eigenvalue weighted by atomic mass is 9.91. The Hall–Kier alpha value is -0.380. The molecule has 1 rings (SSSR count). The minimum absolute atomic E-state index is 0.106. The lowest BCUT2D eigenvalue weighted by Gasteiger charge is -2.27. The molecule has 0 aromatic rings. The Bertz CT molecular complexity index is 252. The maximum absolute atomic E-state index is 12.0. The van der Waals surface area contributed by atoms with Crippen LogP contribution >= 0.6 is 0 Å². The Morgan fingerprint density at radius 2 is 2.20 bits per heavy atom. The van der Waals surface area contributed by atoms with Gasteiger partial charge in [0.1, 0.15) is 5.25 Å². The van der Waals surface area contributed by atoms with Crippen LogP contribution in [0.2, 0.25) is 0 Å². The molecular weight excluding hydrogens is 212 g/mol. The van der Waals surface area contributed by atoms with E-state index < -0.39 is 22.0 Å². The van der Waals surface area contributed by atoms with Crippen molar-refractivity contribution < 1.29 is 14.1 Å². The van der Waals surface area contributed by atoms with E-state index in [9.17, 15) is 9.00 Å². The molecule has 1 saturated carbocycles. The molecule has 3 nitrogen and oxygen atoms in total. The number of carbonyl (C=O) groups is 1. The van der Waals surface area contributed by atoms with Gasteiger partial charge >= 0.3 is 5.97 Å². The lowest BCUT2D eigenvalue weighted by Crippen LogP contribution is -2.34. The molecule has 0 heterocycles. The van der Waals surface area contributed by atoms with Gasteiger partial charge in [0.05, 0.1) is 0 Å². The molecule has 0 radical (unpaired) electrons. The topological polar surface area (TPSA) is 54.4 Å². The zero-order valence-corrected chi connectivity index (χ0v) is 10.3. The van der Waals surface area contributed by atoms with Gasteiger partial charge in [-0.2, -0.15) is 0 Å². The number of carboxylic acid groups (broad SMARTS) is 1. The van der Waals surface area contributed by atoms with Crippen molar-refractivity contribution >= 4 is 16.8 Å². The summed E-state index contributed by atoms with van der Waals surface area (Å²) in [6.07, 6.45) is 4.61. The van der Waals surface area contributed by atoms with E-state index in [1.165, 1.54) is 6.42 Å². The molecular formula is C11H20O3S. The van der Waals surface area contributed by atoms with Gasteiger partial charge in [0, 0.05) is 16.0 Å². The summed E-state index contributed by atoms with van der Waals surface area (Å²) in [5, 5.41) is 8.39. The second-order valence-electron chi connectivity index (χ2n) is 4.46. The molecule has 88 valence electrons. The van der Waals surface area contributed by atoms with Crippen LogP contribution in [0.15, 0.2) is 0 Å². The molecule has 0 amide bonds. The van der Waals surface area contributed by atoms with Gasteiger partial charge in [0.25, 0.3) is 0 Å². The number of aliphatic carboxylic acids is 1. The molecule has 0 aromatic carbocycles. The smallest absolute Gasteiger partial charge is 0.319 e. The first-order chi connectivity index (χ1) is 7.06. The van der Waals surface area contributed by atoms with Crippen LogP contribution in [-0.2, 0) is 15.6 Å². The number of carboxylic acids is 1. The Morgan fingerprint density at radius 3 is 2.67 bits per heavy atom. The van der Waals surface area contributed by atoms with E-state index in [1.807, 2.05) is 0 Å². The SMILES string of the molecule is CCC(C(=O)O)S(=O)C1CCCC(C)C1. The first-order valence-electron chi connectivity index (χ1n) is 5.68. The molecule has 0 aliphatic heterocycles. The van der Waals surface area contributed by atoms with Crippen LogP contribution < -0.4 is 0 Å². The van der Waals surface area contributed by atoms with Crippen molar-refractivity contribution in [2.75, 3.05) is 0 Å². The standard InChI is InChI=1S/C11H20O3S/c1-3-10(11(12)13)15(14)9-6-4-5-8(2)7-9/h8-10H,3-7H2,1-2H3,(H,12,13). The summed E-state index contributed by atoms with van der Waals surface area (Å²) in [6.45, 7) is 3.95. The number of rotatable bonds is 4. The molecule has 1 fully saturated rings. The second kappa shape index (κ2) is 5.64. The number of hydrogen-bond donors (Lipinski definition) is 1. The van der Waals surface area contributed by atoms with Crippen LogP contribution in [0, 0.1) is 5.92 Å². The highest BCUT2D eigenvalue weighted by Crippen LogP contribution is 2.28.